The lowest BCUT2D eigenvalue weighted by atomic mass is 9.54. The van der Waals surface area contributed by atoms with Crippen LogP contribution in [0, 0.1) is 23.2 Å². The fraction of sp³-hybridized carbons (Fsp3) is 0.625. The maximum atomic E-state index is 12.9. The maximum Gasteiger partial charge on any atom is 0.380 e. The van der Waals surface area contributed by atoms with Crippen LogP contribution in [0.4, 0.5) is 0 Å². The molecule has 0 saturated heterocycles. The van der Waals surface area contributed by atoms with Crippen molar-refractivity contribution >= 4 is 16.2 Å². The molecule has 3 aliphatic rings. The number of aryl methyl sites for hydroxylation is 1. The summed E-state index contributed by atoms with van der Waals surface area (Å²) in [6.07, 6.45) is 8.13. The van der Waals surface area contributed by atoms with Crippen LogP contribution in [0.15, 0.2) is 29.8 Å². The zero-order valence-corrected chi connectivity index (χ0v) is 19.5. The quantitative estimate of drug-likeness (QED) is 0.694. The van der Waals surface area contributed by atoms with E-state index >= 15 is 0 Å². The number of allylic oxidation sites excluding steroid dienone is 1. The van der Waals surface area contributed by atoms with E-state index in [1.807, 2.05) is 12.1 Å². The number of benzene rings is 1. The summed E-state index contributed by atoms with van der Waals surface area (Å²) in [7, 11) is -4.02. The minimum absolute atomic E-state index is 0.0583. The topological polar surface area (TPSA) is 98.5 Å². The molecule has 6 nitrogen and oxygen atoms in total. The first-order valence-corrected chi connectivity index (χ1v) is 12.9. The lowest BCUT2D eigenvalue weighted by molar-refractivity contribution is -0.119. The molecular weight excluding hydrogens is 412 g/mol. The van der Waals surface area contributed by atoms with Gasteiger partial charge in [0.1, 0.15) is 5.75 Å². The van der Waals surface area contributed by atoms with Gasteiger partial charge in [0.25, 0.3) is 0 Å². The van der Waals surface area contributed by atoms with Crippen LogP contribution in [0.3, 0.4) is 0 Å². The molecule has 0 heterocycles. The monoisotopic (exact) mass is 446 g/mol. The molecule has 3 aliphatic carbocycles. The Bertz CT molecular complexity index is 1000. The number of rotatable bonds is 6. The van der Waals surface area contributed by atoms with Gasteiger partial charge in [-0.2, -0.15) is 13.6 Å². The molecule has 1 aromatic rings. The van der Waals surface area contributed by atoms with Crippen molar-refractivity contribution in [3.05, 3.63) is 41.0 Å². The minimum atomic E-state index is -4.02. The van der Waals surface area contributed by atoms with Crippen LogP contribution < -0.4 is 14.6 Å². The number of hydrogen-bond acceptors (Lipinski definition) is 4. The van der Waals surface area contributed by atoms with Crippen LogP contribution in [0.25, 0.3) is 0 Å². The zero-order chi connectivity index (χ0) is 22.4. The molecule has 31 heavy (non-hydrogen) atoms. The summed E-state index contributed by atoms with van der Waals surface area (Å²) in [6, 6.07) is 5.54. The van der Waals surface area contributed by atoms with Crippen LogP contribution in [0.2, 0.25) is 0 Å². The Labute approximate surface area is 185 Å². The molecule has 1 amide bonds. The van der Waals surface area contributed by atoms with Gasteiger partial charge in [-0.1, -0.05) is 32.9 Å². The fourth-order valence-electron chi connectivity index (χ4n) is 6.23. The maximum absolute atomic E-state index is 12.9. The highest BCUT2D eigenvalue weighted by atomic mass is 32.2. The van der Waals surface area contributed by atoms with Gasteiger partial charge in [0, 0.05) is 17.5 Å². The van der Waals surface area contributed by atoms with Crippen LogP contribution in [-0.2, 0) is 21.5 Å². The van der Waals surface area contributed by atoms with Gasteiger partial charge in [0.05, 0.1) is 0 Å². The Balaban J connectivity index is 1.50. The van der Waals surface area contributed by atoms with E-state index in [1.165, 1.54) is 5.56 Å². The SMILES string of the molecule is CC(C)CCNC(=O)C1=CC[C@H]2[C@@H]3CCc4cc(OS(N)(=O)=O)ccc4[C@H]3CC[C@]12C. The third-order valence-electron chi connectivity index (χ3n) is 7.74. The van der Waals surface area contributed by atoms with E-state index in [0.717, 1.165) is 56.2 Å². The van der Waals surface area contributed by atoms with Gasteiger partial charge in [-0.15, -0.1) is 0 Å². The molecule has 3 N–H and O–H groups in total. The summed E-state index contributed by atoms with van der Waals surface area (Å²) in [5, 5.41) is 8.16. The summed E-state index contributed by atoms with van der Waals surface area (Å²) in [4.78, 5) is 12.9. The lowest BCUT2D eigenvalue weighted by Crippen LogP contribution is -2.44. The van der Waals surface area contributed by atoms with Crippen LogP contribution in [0.5, 0.6) is 5.75 Å². The van der Waals surface area contributed by atoms with Gasteiger partial charge < -0.3 is 9.50 Å². The number of nitrogens with one attached hydrogen (secondary N) is 1. The molecule has 4 rings (SSSR count). The third-order valence-corrected chi connectivity index (χ3v) is 8.17. The highest BCUT2D eigenvalue weighted by Crippen LogP contribution is 2.61. The molecule has 1 saturated carbocycles. The van der Waals surface area contributed by atoms with Crippen molar-refractivity contribution in [2.45, 2.75) is 65.2 Å². The normalized spacial score (nSPS) is 29.6. The zero-order valence-electron chi connectivity index (χ0n) is 18.7. The second-order valence-corrected chi connectivity index (χ2v) is 11.3. The Hall–Kier alpha value is -1.86. The van der Waals surface area contributed by atoms with Crippen molar-refractivity contribution < 1.29 is 17.4 Å². The van der Waals surface area contributed by atoms with Gasteiger partial charge >= 0.3 is 10.3 Å². The van der Waals surface area contributed by atoms with Crippen molar-refractivity contribution in [1.82, 2.24) is 5.32 Å². The predicted octanol–water partition coefficient (Wildman–Crippen LogP) is 3.82. The molecule has 7 heteroatoms. The van der Waals surface area contributed by atoms with Crippen molar-refractivity contribution in [1.29, 1.82) is 0 Å². The summed E-state index contributed by atoms with van der Waals surface area (Å²) in [5.41, 5.74) is 3.39. The number of fused-ring (bicyclic) bond motifs is 5. The molecule has 0 spiro atoms. The molecule has 1 aromatic carbocycles. The van der Waals surface area contributed by atoms with E-state index in [-0.39, 0.29) is 17.1 Å². The van der Waals surface area contributed by atoms with Gasteiger partial charge in [-0.05, 0) is 85.5 Å². The van der Waals surface area contributed by atoms with Crippen molar-refractivity contribution in [2.24, 2.45) is 28.3 Å². The standard InChI is InChI=1S/C24H34N2O4S/c1-15(2)11-13-26-23(27)22-9-8-21-20-6-4-16-14-17(30-31(25,28)29)5-7-18(16)19(20)10-12-24(21,22)3/h5,7,9,14-15,19-21H,4,6,8,10-13H2,1-3H3,(H,26,27)(H2,25,28,29)/t19-,20-,21+,24+/m1/s1. The number of amides is 1. The van der Waals surface area contributed by atoms with E-state index in [1.54, 1.807) is 6.07 Å². The van der Waals surface area contributed by atoms with E-state index < -0.39 is 10.3 Å². The van der Waals surface area contributed by atoms with Crippen LogP contribution >= 0.6 is 0 Å². The first-order valence-electron chi connectivity index (χ1n) is 11.4. The second kappa shape index (κ2) is 8.24. The molecule has 0 unspecified atom stereocenters. The Morgan fingerprint density at radius 1 is 1.32 bits per heavy atom. The molecule has 170 valence electrons. The molecule has 0 aromatic heterocycles. The summed E-state index contributed by atoms with van der Waals surface area (Å²) in [5.74, 6) is 2.43. The summed E-state index contributed by atoms with van der Waals surface area (Å²) in [6.45, 7) is 7.36. The summed E-state index contributed by atoms with van der Waals surface area (Å²) >= 11 is 0. The Morgan fingerprint density at radius 2 is 2.10 bits per heavy atom. The molecule has 0 aliphatic heterocycles. The van der Waals surface area contributed by atoms with E-state index in [0.29, 0.717) is 23.7 Å². The van der Waals surface area contributed by atoms with E-state index in [2.05, 4.69) is 32.2 Å². The molecular formula is C24H34N2O4S. The van der Waals surface area contributed by atoms with Gasteiger partial charge in [-0.3, -0.25) is 4.79 Å². The predicted molar refractivity (Wildman–Crippen MR) is 121 cm³/mol. The first-order chi connectivity index (χ1) is 14.6. The highest BCUT2D eigenvalue weighted by molar-refractivity contribution is 7.84. The van der Waals surface area contributed by atoms with Crippen molar-refractivity contribution in [2.75, 3.05) is 6.54 Å². The first kappa shape index (κ1) is 22.3. The lowest BCUT2D eigenvalue weighted by Gasteiger charge is -2.50. The molecule has 0 radical (unpaired) electrons. The van der Waals surface area contributed by atoms with Crippen molar-refractivity contribution in [3.8, 4) is 5.75 Å². The largest absolute Gasteiger partial charge is 0.380 e. The molecule has 4 atom stereocenters. The number of carbonyl (C=O) groups is 1. The van der Waals surface area contributed by atoms with E-state index in [9.17, 15) is 13.2 Å². The van der Waals surface area contributed by atoms with Gasteiger partial charge in [0.15, 0.2) is 0 Å². The number of carbonyl (C=O) groups excluding carboxylic acids is 1. The van der Waals surface area contributed by atoms with Crippen molar-refractivity contribution in [3.63, 3.8) is 0 Å². The number of nitrogens with two attached hydrogens (primary N) is 1. The van der Waals surface area contributed by atoms with Crippen LogP contribution in [0.1, 0.15) is 69.9 Å². The van der Waals surface area contributed by atoms with Gasteiger partial charge in [-0.25, -0.2) is 0 Å². The van der Waals surface area contributed by atoms with Gasteiger partial charge in [0.2, 0.25) is 5.91 Å². The molecule has 1 fully saturated rings. The van der Waals surface area contributed by atoms with Crippen LogP contribution in [-0.4, -0.2) is 20.9 Å². The Kier molecular flexibility index (Phi) is 5.94. The Morgan fingerprint density at radius 3 is 2.81 bits per heavy atom. The molecule has 0 bridgehead atoms. The minimum Gasteiger partial charge on any atom is -0.371 e. The number of hydrogen-bond donors (Lipinski definition) is 2. The smallest absolute Gasteiger partial charge is 0.371 e. The summed E-state index contributed by atoms with van der Waals surface area (Å²) < 4.78 is 27.4. The van der Waals surface area contributed by atoms with E-state index in [4.69, 9.17) is 9.32 Å². The fourth-order valence-corrected chi connectivity index (χ4v) is 6.61. The third kappa shape index (κ3) is 4.40. The second-order valence-electron chi connectivity index (χ2n) is 10.1. The highest BCUT2D eigenvalue weighted by Gasteiger charge is 2.53. The average Bonchev–Trinajstić information content (AvgIpc) is 3.03. The average molecular weight is 447 g/mol.